The first-order valence-electron chi connectivity index (χ1n) is 10.4. The summed E-state index contributed by atoms with van der Waals surface area (Å²) < 4.78 is 0. The molecule has 0 atom stereocenters. The molecule has 0 spiro atoms. The summed E-state index contributed by atoms with van der Waals surface area (Å²) in [5.74, 6) is 0.538. The second-order valence-corrected chi connectivity index (χ2v) is 9.52. The van der Waals surface area contributed by atoms with Crippen LogP contribution in [0.2, 0.25) is 0 Å². The summed E-state index contributed by atoms with van der Waals surface area (Å²) in [7, 11) is 0. The van der Waals surface area contributed by atoms with Crippen molar-refractivity contribution in [1.29, 1.82) is 0 Å². The highest BCUT2D eigenvalue weighted by Crippen LogP contribution is 2.34. The van der Waals surface area contributed by atoms with Crippen molar-refractivity contribution >= 4 is 35.1 Å². The fourth-order valence-electron chi connectivity index (χ4n) is 3.52. The molecule has 0 radical (unpaired) electrons. The monoisotopic (exact) mass is 450 g/mol. The van der Waals surface area contributed by atoms with Gasteiger partial charge in [0, 0.05) is 49.2 Å². The van der Waals surface area contributed by atoms with Crippen molar-refractivity contribution in [3.63, 3.8) is 0 Å². The number of rotatable bonds is 6. The van der Waals surface area contributed by atoms with Crippen LogP contribution in [0.15, 0.2) is 75.9 Å². The Hall–Kier alpha value is -2.51. The molecule has 1 amide bonds. The van der Waals surface area contributed by atoms with Gasteiger partial charge in [-0.25, -0.2) is 9.97 Å². The molecular weight excluding hydrogens is 424 g/mol. The minimum Gasteiger partial charge on any atom is -0.368 e. The lowest BCUT2D eigenvalue weighted by atomic mass is 10.2. The predicted molar refractivity (Wildman–Crippen MR) is 128 cm³/mol. The Kier molecular flexibility index (Phi) is 7.14. The van der Waals surface area contributed by atoms with Crippen molar-refractivity contribution in [1.82, 2.24) is 14.9 Å². The van der Waals surface area contributed by atoms with Crippen LogP contribution in [0.3, 0.4) is 0 Å². The van der Waals surface area contributed by atoms with Gasteiger partial charge >= 0.3 is 0 Å². The molecule has 0 aliphatic carbocycles. The van der Waals surface area contributed by atoms with E-state index in [9.17, 15) is 4.79 Å². The largest absolute Gasteiger partial charge is 0.368 e. The van der Waals surface area contributed by atoms with E-state index in [0.29, 0.717) is 5.75 Å². The number of aryl methyl sites for hydroxylation is 2. The minimum absolute atomic E-state index is 0.159. The number of hydrogen-bond acceptors (Lipinski definition) is 6. The van der Waals surface area contributed by atoms with Crippen LogP contribution in [0.25, 0.3) is 0 Å². The lowest BCUT2D eigenvalue weighted by molar-refractivity contribution is -0.128. The first-order valence-corrected chi connectivity index (χ1v) is 12.2. The van der Waals surface area contributed by atoms with E-state index < -0.39 is 0 Å². The fraction of sp³-hybridized carbons (Fsp3) is 0.292. The molecule has 31 heavy (non-hydrogen) atoms. The van der Waals surface area contributed by atoms with Crippen LogP contribution < -0.4 is 4.90 Å². The number of thioether (sulfide) groups is 1. The van der Waals surface area contributed by atoms with Gasteiger partial charge in [-0.15, -0.1) is 0 Å². The molecule has 2 aromatic carbocycles. The van der Waals surface area contributed by atoms with E-state index >= 15 is 0 Å². The minimum atomic E-state index is 0.159. The fourth-order valence-corrected chi connectivity index (χ4v) is 5.41. The molecule has 4 rings (SSSR count). The van der Waals surface area contributed by atoms with Crippen LogP contribution in [-0.4, -0.2) is 52.7 Å². The van der Waals surface area contributed by atoms with E-state index in [0.717, 1.165) is 41.1 Å². The number of nitrogens with zero attached hydrogens (tertiary/aromatic N) is 4. The highest BCUT2D eigenvalue weighted by molar-refractivity contribution is 8.02. The van der Waals surface area contributed by atoms with Gasteiger partial charge < -0.3 is 9.80 Å². The smallest absolute Gasteiger partial charge is 0.233 e. The standard InChI is InChI=1S/C24H26N4OS2/c1-18-6-5-8-20(16-18)27-12-14-28(15-13-27)22(29)17-30-23-24(26-11-10-25-23)31-21-9-4-3-7-19(21)2/h3-11,16H,12-15,17H2,1-2H3. The molecular formula is C24H26N4OS2. The molecule has 1 fully saturated rings. The Bertz CT molecular complexity index is 1050. The number of carbonyl (C=O) groups is 1. The van der Waals surface area contributed by atoms with Crippen LogP contribution in [0.1, 0.15) is 11.1 Å². The van der Waals surface area contributed by atoms with Crippen LogP contribution in [-0.2, 0) is 4.79 Å². The van der Waals surface area contributed by atoms with E-state index in [4.69, 9.17) is 0 Å². The molecule has 1 saturated heterocycles. The molecule has 5 nitrogen and oxygen atoms in total. The zero-order chi connectivity index (χ0) is 21.6. The van der Waals surface area contributed by atoms with Gasteiger partial charge in [-0.3, -0.25) is 4.79 Å². The van der Waals surface area contributed by atoms with E-state index in [2.05, 4.69) is 65.1 Å². The van der Waals surface area contributed by atoms with Gasteiger partial charge in [0.15, 0.2) is 0 Å². The van der Waals surface area contributed by atoms with E-state index in [1.807, 2.05) is 17.0 Å². The number of aromatic nitrogens is 2. The highest BCUT2D eigenvalue weighted by atomic mass is 32.2. The third-order valence-corrected chi connectivity index (χ3v) is 7.53. The number of anilines is 1. The number of hydrogen-bond donors (Lipinski definition) is 0. The van der Waals surface area contributed by atoms with E-state index in [1.165, 1.54) is 28.6 Å². The van der Waals surface area contributed by atoms with E-state index in [1.54, 1.807) is 24.2 Å². The molecule has 0 unspecified atom stereocenters. The molecule has 0 N–H and O–H groups in total. The van der Waals surface area contributed by atoms with Gasteiger partial charge in [-0.05, 0) is 43.2 Å². The van der Waals surface area contributed by atoms with Crippen LogP contribution >= 0.6 is 23.5 Å². The summed E-state index contributed by atoms with van der Waals surface area (Å²) in [5, 5.41) is 1.65. The maximum absolute atomic E-state index is 12.8. The van der Waals surface area contributed by atoms with E-state index in [-0.39, 0.29) is 5.91 Å². The zero-order valence-electron chi connectivity index (χ0n) is 17.8. The van der Waals surface area contributed by atoms with Crippen LogP contribution in [0.4, 0.5) is 5.69 Å². The molecule has 0 saturated carbocycles. The average Bonchev–Trinajstić information content (AvgIpc) is 2.80. The topological polar surface area (TPSA) is 49.3 Å². The number of carbonyl (C=O) groups excluding carboxylic acids is 1. The summed E-state index contributed by atoms with van der Waals surface area (Å²) in [5.41, 5.74) is 3.70. The number of piperazine rings is 1. The van der Waals surface area contributed by atoms with Crippen molar-refractivity contribution < 1.29 is 4.79 Å². The maximum Gasteiger partial charge on any atom is 0.233 e. The molecule has 1 aromatic heterocycles. The van der Waals surface area contributed by atoms with Gasteiger partial charge in [-0.1, -0.05) is 53.9 Å². The molecule has 2 heterocycles. The third kappa shape index (κ3) is 5.60. The van der Waals surface area contributed by atoms with Crippen molar-refractivity contribution in [2.45, 2.75) is 28.8 Å². The highest BCUT2D eigenvalue weighted by Gasteiger charge is 2.22. The summed E-state index contributed by atoms with van der Waals surface area (Å²) in [6.07, 6.45) is 3.40. The molecule has 1 aliphatic heterocycles. The maximum atomic E-state index is 12.8. The summed E-state index contributed by atoms with van der Waals surface area (Å²) >= 11 is 3.07. The van der Waals surface area contributed by atoms with Gasteiger partial charge in [0.05, 0.1) is 5.75 Å². The quantitative estimate of drug-likeness (QED) is 0.508. The summed E-state index contributed by atoms with van der Waals surface area (Å²) in [6.45, 7) is 7.42. The molecule has 3 aromatic rings. The first-order chi connectivity index (χ1) is 15.1. The Morgan fingerprint density at radius 3 is 2.42 bits per heavy atom. The lowest BCUT2D eigenvalue weighted by Gasteiger charge is -2.36. The summed E-state index contributed by atoms with van der Waals surface area (Å²) in [4.78, 5) is 27.3. The SMILES string of the molecule is Cc1cccc(N2CCN(C(=O)CSc3nccnc3Sc3ccccc3C)CC2)c1. The van der Waals surface area contributed by atoms with Crippen LogP contribution in [0, 0.1) is 13.8 Å². The lowest BCUT2D eigenvalue weighted by Crippen LogP contribution is -2.49. The van der Waals surface area contributed by atoms with Crippen molar-refractivity contribution in [2.75, 3.05) is 36.8 Å². The van der Waals surface area contributed by atoms with Gasteiger partial charge in [0.1, 0.15) is 10.1 Å². The van der Waals surface area contributed by atoms with Crippen molar-refractivity contribution in [3.8, 4) is 0 Å². The predicted octanol–water partition coefficient (Wildman–Crippen LogP) is 4.69. The first kappa shape index (κ1) is 21.7. The Labute approximate surface area is 192 Å². The van der Waals surface area contributed by atoms with Crippen LogP contribution in [0.5, 0.6) is 0 Å². The molecule has 0 bridgehead atoms. The average molecular weight is 451 g/mol. The Morgan fingerprint density at radius 2 is 1.68 bits per heavy atom. The summed E-state index contributed by atoms with van der Waals surface area (Å²) in [6, 6.07) is 16.8. The molecule has 1 aliphatic rings. The third-order valence-electron chi connectivity index (χ3n) is 5.26. The number of benzene rings is 2. The molecule has 7 heteroatoms. The molecule has 160 valence electrons. The normalized spacial score (nSPS) is 14.0. The van der Waals surface area contributed by atoms with Crippen molar-refractivity contribution in [3.05, 3.63) is 72.1 Å². The second-order valence-electron chi connectivity index (χ2n) is 7.53. The number of amides is 1. The van der Waals surface area contributed by atoms with Gasteiger partial charge in [0.2, 0.25) is 5.91 Å². The Morgan fingerprint density at radius 1 is 0.935 bits per heavy atom. The second kappa shape index (κ2) is 10.2. The Balaban J connectivity index is 1.33. The van der Waals surface area contributed by atoms with Gasteiger partial charge in [0.25, 0.3) is 0 Å². The van der Waals surface area contributed by atoms with Crippen molar-refractivity contribution in [2.24, 2.45) is 0 Å². The zero-order valence-corrected chi connectivity index (χ0v) is 19.5. The van der Waals surface area contributed by atoms with Gasteiger partial charge in [-0.2, -0.15) is 0 Å².